The molecule has 2 fully saturated rings. The van der Waals surface area contributed by atoms with Crippen LogP contribution in [0.4, 0.5) is 0 Å². The van der Waals surface area contributed by atoms with E-state index in [-0.39, 0.29) is 17.8 Å². The minimum Gasteiger partial charge on any atom is -0.353 e. The van der Waals surface area contributed by atoms with Gasteiger partial charge in [0.25, 0.3) is 0 Å². The molecule has 2 saturated carbocycles. The lowest BCUT2D eigenvalue weighted by Gasteiger charge is -2.32. The lowest BCUT2D eigenvalue weighted by molar-refractivity contribution is -0.132. The number of amides is 1. The minimum atomic E-state index is -0.0421. The first kappa shape index (κ1) is 15.8. The van der Waals surface area contributed by atoms with Crippen LogP contribution in [-0.4, -0.2) is 18.0 Å². The normalized spacial score (nSPS) is 30.6. The molecule has 3 nitrogen and oxygen atoms in total. The van der Waals surface area contributed by atoms with Crippen molar-refractivity contribution in [1.29, 1.82) is 0 Å². The van der Waals surface area contributed by atoms with Crippen LogP contribution in [0.25, 0.3) is 0 Å². The summed E-state index contributed by atoms with van der Waals surface area (Å²) in [5, 5.41) is 3.28. The highest BCUT2D eigenvalue weighted by molar-refractivity contribution is 5.85. The van der Waals surface area contributed by atoms with E-state index in [1.807, 2.05) is 0 Å². The van der Waals surface area contributed by atoms with Gasteiger partial charge in [-0.3, -0.25) is 4.79 Å². The zero-order valence-corrected chi connectivity index (χ0v) is 12.2. The quantitative estimate of drug-likeness (QED) is 0.831. The third kappa shape index (κ3) is 3.39. The predicted octanol–water partition coefficient (Wildman–Crippen LogP) is 2.76. The number of hydrogen-bond acceptors (Lipinski definition) is 2. The maximum atomic E-state index is 12.4. The molecular weight excluding hydrogens is 248 g/mol. The molecule has 2 aliphatic carbocycles. The number of carbonyl (C=O) groups excluding carboxylic acids is 1. The molecule has 0 aromatic heterocycles. The molecule has 18 heavy (non-hydrogen) atoms. The first-order valence-electron chi connectivity index (χ1n) is 7.23. The van der Waals surface area contributed by atoms with Crippen LogP contribution in [0.3, 0.4) is 0 Å². The van der Waals surface area contributed by atoms with Gasteiger partial charge in [-0.2, -0.15) is 0 Å². The van der Waals surface area contributed by atoms with Crippen LogP contribution in [-0.2, 0) is 4.79 Å². The molecular formula is C14H27ClN2O. The average molecular weight is 275 g/mol. The fraction of sp³-hybridized carbons (Fsp3) is 0.929. The highest BCUT2D eigenvalue weighted by Gasteiger charge is 2.40. The average Bonchev–Trinajstić information content (AvgIpc) is 2.82. The number of halogens is 1. The predicted molar refractivity (Wildman–Crippen MR) is 76.8 cm³/mol. The van der Waals surface area contributed by atoms with Crippen LogP contribution in [0, 0.1) is 5.41 Å². The number of rotatable bonds is 3. The Kier molecular flexibility index (Phi) is 5.93. The van der Waals surface area contributed by atoms with Crippen LogP contribution < -0.4 is 11.1 Å². The Morgan fingerprint density at radius 3 is 2.28 bits per heavy atom. The Labute approximate surface area is 117 Å². The molecule has 106 valence electrons. The minimum absolute atomic E-state index is 0. The summed E-state index contributed by atoms with van der Waals surface area (Å²) >= 11 is 0. The van der Waals surface area contributed by atoms with E-state index < -0.39 is 0 Å². The van der Waals surface area contributed by atoms with Gasteiger partial charge in [0, 0.05) is 17.5 Å². The summed E-state index contributed by atoms with van der Waals surface area (Å²) in [6.45, 7) is 2.15. The fourth-order valence-electron chi connectivity index (χ4n) is 3.39. The van der Waals surface area contributed by atoms with Gasteiger partial charge in [-0.25, -0.2) is 0 Å². The molecule has 0 spiro atoms. The molecule has 0 heterocycles. The lowest BCUT2D eigenvalue weighted by Crippen LogP contribution is -2.46. The molecule has 1 amide bonds. The van der Waals surface area contributed by atoms with Crippen molar-refractivity contribution in [2.24, 2.45) is 11.1 Å². The van der Waals surface area contributed by atoms with Gasteiger partial charge in [-0.1, -0.05) is 19.8 Å². The largest absolute Gasteiger partial charge is 0.353 e. The van der Waals surface area contributed by atoms with E-state index in [1.54, 1.807) is 0 Å². The van der Waals surface area contributed by atoms with Gasteiger partial charge in [-0.15, -0.1) is 12.4 Å². The van der Waals surface area contributed by atoms with Crippen LogP contribution in [0.2, 0.25) is 0 Å². The second-order valence-electron chi connectivity index (χ2n) is 5.93. The van der Waals surface area contributed by atoms with Crippen molar-refractivity contribution < 1.29 is 4.79 Å². The molecule has 0 radical (unpaired) electrons. The molecule has 2 aliphatic rings. The Morgan fingerprint density at radius 1 is 1.22 bits per heavy atom. The maximum Gasteiger partial charge on any atom is 0.226 e. The Morgan fingerprint density at radius 2 is 1.78 bits per heavy atom. The molecule has 3 N–H and O–H groups in total. The molecule has 0 bridgehead atoms. The van der Waals surface area contributed by atoms with Crippen LogP contribution in [0.5, 0.6) is 0 Å². The highest BCUT2D eigenvalue weighted by atomic mass is 35.5. The zero-order valence-electron chi connectivity index (χ0n) is 11.4. The fourth-order valence-corrected chi connectivity index (χ4v) is 3.39. The molecule has 0 atom stereocenters. The van der Waals surface area contributed by atoms with Crippen molar-refractivity contribution in [3.63, 3.8) is 0 Å². The van der Waals surface area contributed by atoms with Crippen molar-refractivity contribution in [3.05, 3.63) is 0 Å². The topological polar surface area (TPSA) is 55.1 Å². The van der Waals surface area contributed by atoms with Gasteiger partial charge in [0.05, 0.1) is 0 Å². The summed E-state index contributed by atoms with van der Waals surface area (Å²) in [5.41, 5.74) is 5.85. The van der Waals surface area contributed by atoms with Gasteiger partial charge in [0.2, 0.25) is 5.91 Å². The van der Waals surface area contributed by atoms with Crippen LogP contribution in [0.15, 0.2) is 0 Å². The Bertz CT molecular complexity index is 269. The molecule has 0 unspecified atom stereocenters. The van der Waals surface area contributed by atoms with Crippen LogP contribution in [0.1, 0.15) is 64.7 Å². The monoisotopic (exact) mass is 274 g/mol. The molecule has 0 aromatic rings. The third-order valence-electron chi connectivity index (χ3n) is 4.83. The van der Waals surface area contributed by atoms with Gasteiger partial charge >= 0.3 is 0 Å². The van der Waals surface area contributed by atoms with Crippen LogP contribution >= 0.6 is 12.4 Å². The molecule has 0 aliphatic heterocycles. The van der Waals surface area contributed by atoms with E-state index >= 15 is 0 Å². The van der Waals surface area contributed by atoms with E-state index in [0.717, 1.165) is 44.9 Å². The second kappa shape index (κ2) is 6.76. The van der Waals surface area contributed by atoms with Crippen molar-refractivity contribution >= 4 is 18.3 Å². The van der Waals surface area contributed by atoms with E-state index in [9.17, 15) is 4.79 Å². The zero-order chi connectivity index (χ0) is 12.3. The smallest absolute Gasteiger partial charge is 0.226 e. The summed E-state index contributed by atoms with van der Waals surface area (Å²) in [5.74, 6) is 0.318. The van der Waals surface area contributed by atoms with E-state index in [0.29, 0.717) is 18.0 Å². The van der Waals surface area contributed by atoms with Crippen molar-refractivity contribution in [2.75, 3.05) is 0 Å². The second-order valence-corrected chi connectivity index (χ2v) is 5.93. The summed E-state index contributed by atoms with van der Waals surface area (Å²) in [7, 11) is 0. The standard InChI is InChI=1S/C14H26N2O.ClH/c1-2-14(9-3-4-10-14)13(17)16-12-7-5-11(15)6-8-12;/h11-12H,2-10,15H2,1H3,(H,16,17);1H. The van der Waals surface area contributed by atoms with E-state index in [1.165, 1.54) is 12.8 Å². The van der Waals surface area contributed by atoms with Crippen molar-refractivity contribution in [2.45, 2.75) is 76.8 Å². The molecule has 0 saturated heterocycles. The van der Waals surface area contributed by atoms with Gasteiger partial charge in [0.1, 0.15) is 0 Å². The summed E-state index contributed by atoms with van der Waals surface area (Å²) < 4.78 is 0. The molecule has 4 heteroatoms. The number of nitrogens with one attached hydrogen (secondary N) is 1. The van der Waals surface area contributed by atoms with E-state index in [4.69, 9.17) is 5.73 Å². The summed E-state index contributed by atoms with van der Waals surface area (Å²) in [4.78, 5) is 12.4. The molecule has 2 rings (SSSR count). The Balaban J connectivity index is 0.00000162. The van der Waals surface area contributed by atoms with Gasteiger partial charge in [0.15, 0.2) is 0 Å². The van der Waals surface area contributed by atoms with Gasteiger partial charge in [-0.05, 0) is 44.9 Å². The number of nitrogens with two attached hydrogens (primary N) is 1. The van der Waals surface area contributed by atoms with Crippen molar-refractivity contribution in [3.8, 4) is 0 Å². The summed E-state index contributed by atoms with van der Waals surface area (Å²) in [6.07, 6.45) is 9.84. The van der Waals surface area contributed by atoms with E-state index in [2.05, 4.69) is 12.2 Å². The third-order valence-corrected chi connectivity index (χ3v) is 4.83. The number of carbonyl (C=O) groups is 1. The highest BCUT2D eigenvalue weighted by Crippen LogP contribution is 2.41. The maximum absolute atomic E-state index is 12.4. The lowest BCUT2D eigenvalue weighted by atomic mass is 9.81. The van der Waals surface area contributed by atoms with Crippen molar-refractivity contribution in [1.82, 2.24) is 5.32 Å². The SMILES string of the molecule is CCC1(C(=O)NC2CCC(N)CC2)CCCC1.Cl. The summed E-state index contributed by atoms with van der Waals surface area (Å²) in [6, 6.07) is 0.737. The first-order chi connectivity index (χ1) is 8.16. The first-order valence-corrected chi connectivity index (χ1v) is 7.23. The number of hydrogen-bond donors (Lipinski definition) is 2. The molecule has 0 aromatic carbocycles. The van der Waals surface area contributed by atoms with Gasteiger partial charge < -0.3 is 11.1 Å². The Hall–Kier alpha value is -0.280.